The normalized spacial score (nSPS) is 10.6. The maximum atomic E-state index is 4.55. The molecular weight excluding hydrogens is 270 g/mol. The van der Waals surface area contributed by atoms with Gasteiger partial charge in [0.05, 0.1) is 11.6 Å². The molecule has 0 fully saturated rings. The summed E-state index contributed by atoms with van der Waals surface area (Å²) >= 11 is 1.70. The Morgan fingerprint density at radius 3 is 2.50 bits per heavy atom. The van der Waals surface area contributed by atoms with Gasteiger partial charge in [0.2, 0.25) is 0 Å². The first-order chi connectivity index (χ1) is 9.71. The fourth-order valence-corrected chi connectivity index (χ4v) is 2.59. The number of aromatic nitrogens is 3. The van der Waals surface area contributed by atoms with Crippen molar-refractivity contribution in [1.82, 2.24) is 15.0 Å². The summed E-state index contributed by atoms with van der Waals surface area (Å²) in [5.74, 6) is 2.63. The Balaban J connectivity index is 2.08. The topological polar surface area (TPSA) is 62.7 Å². The van der Waals surface area contributed by atoms with Crippen molar-refractivity contribution in [3.05, 3.63) is 28.0 Å². The van der Waals surface area contributed by atoms with Gasteiger partial charge in [-0.15, -0.1) is 11.3 Å². The van der Waals surface area contributed by atoms with Gasteiger partial charge in [0.1, 0.15) is 17.5 Å². The molecule has 5 nitrogen and oxygen atoms in total. The van der Waals surface area contributed by atoms with E-state index in [9.17, 15) is 0 Å². The van der Waals surface area contributed by atoms with Crippen LogP contribution in [0, 0.1) is 6.92 Å². The summed E-state index contributed by atoms with van der Waals surface area (Å²) in [6, 6.07) is 1.95. The molecule has 2 aromatic heterocycles. The van der Waals surface area contributed by atoms with Gasteiger partial charge in [0.25, 0.3) is 0 Å². The van der Waals surface area contributed by atoms with E-state index < -0.39 is 0 Å². The van der Waals surface area contributed by atoms with Crippen molar-refractivity contribution in [2.24, 2.45) is 0 Å². The van der Waals surface area contributed by atoms with E-state index in [1.807, 2.05) is 19.2 Å². The van der Waals surface area contributed by atoms with Crippen LogP contribution in [-0.2, 0) is 13.0 Å². The molecule has 0 aliphatic rings. The van der Waals surface area contributed by atoms with Crippen molar-refractivity contribution in [3.63, 3.8) is 0 Å². The van der Waals surface area contributed by atoms with Gasteiger partial charge in [-0.3, -0.25) is 0 Å². The van der Waals surface area contributed by atoms with Crippen LogP contribution in [-0.4, -0.2) is 21.5 Å². The molecule has 0 radical (unpaired) electrons. The molecule has 0 spiro atoms. The molecule has 2 heterocycles. The first kappa shape index (κ1) is 14.7. The van der Waals surface area contributed by atoms with E-state index in [4.69, 9.17) is 0 Å². The minimum Gasteiger partial charge on any atom is -0.370 e. The summed E-state index contributed by atoms with van der Waals surface area (Å²) in [5.41, 5.74) is 0. The largest absolute Gasteiger partial charge is 0.370 e. The van der Waals surface area contributed by atoms with Crippen LogP contribution in [0.3, 0.4) is 0 Å². The van der Waals surface area contributed by atoms with Crippen molar-refractivity contribution in [3.8, 4) is 0 Å². The quantitative estimate of drug-likeness (QED) is 0.820. The molecule has 0 bridgehead atoms. The fourth-order valence-electron chi connectivity index (χ4n) is 1.86. The Kier molecular flexibility index (Phi) is 5.29. The van der Waals surface area contributed by atoms with E-state index in [2.05, 4.69) is 39.4 Å². The number of nitrogens with one attached hydrogen (secondary N) is 2. The first-order valence-electron chi connectivity index (χ1n) is 6.98. The summed E-state index contributed by atoms with van der Waals surface area (Å²) in [6.45, 7) is 7.82. The highest BCUT2D eigenvalue weighted by molar-refractivity contribution is 7.11. The molecule has 0 unspecified atom stereocenters. The number of thiazole rings is 1. The van der Waals surface area contributed by atoms with E-state index in [-0.39, 0.29) is 0 Å². The summed E-state index contributed by atoms with van der Waals surface area (Å²) in [6.07, 6.45) is 3.85. The van der Waals surface area contributed by atoms with E-state index in [1.54, 1.807) is 11.3 Å². The highest BCUT2D eigenvalue weighted by atomic mass is 32.1. The zero-order chi connectivity index (χ0) is 14.4. The maximum Gasteiger partial charge on any atom is 0.133 e. The van der Waals surface area contributed by atoms with Crippen LogP contribution in [0.25, 0.3) is 0 Å². The second kappa shape index (κ2) is 7.19. The molecule has 6 heteroatoms. The molecule has 20 heavy (non-hydrogen) atoms. The van der Waals surface area contributed by atoms with E-state index in [0.29, 0.717) is 0 Å². The summed E-state index contributed by atoms with van der Waals surface area (Å²) in [4.78, 5) is 14.5. The third-order valence-electron chi connectivity index (χ3n) is 2.72. The minimum atomic E-state index is 0.750. The molecule has 2 aromatic rings. The highest BCUT2D eigenvalue weighted by Gasteiger charge is 2.05. The molecule has 108 valence electrons. The van der Waals surface area contributed by atoms with Crippen molar-refractivity contribution in [2.75, 3.05) is 17.2 Å². The van der Waals surface area contributed by atoms with Crippen LogP contribution in [0.1, 0.15) is 36.0 Å². The molecule has 2 N–H and O–H groups in total. The van der Waals surface area contributed by atoms with Gasteiger partial charge in [-0.05, 0) is 20.3 Å². The van der Waals surface area contributed by atoms with Crippen LogP contribution in [0.4, 0.5) is 11.6 Å². The van der Waals surface area contributed by atoms with Gasteiger partial charge in [-0.1, -0.05) is 6.92 Å². The smallest absolute Gasteiger partial charge is 0.133 e. The lowest BCUT2D eigenvalue weighted by Crippen LogP contribution is -2.07. The predicted molar refractivity (Wildman–Crippen MR) is 84.4 cm³/mol. The molecule has 2 rings (SSSR count). The highest BCUT2D eigenvalue weighted by Crippen LogP contribution is 2.16. The average molecular weight is 291 g/mol. The number of rotatable bonds is 7. The fraction of sp³-hybridized carbons (Fsp3) is 0.500. The zero-order valence-electron chi connectivity index (χ0n) is 12.2. The lowest BCUT2D eigenvalue weighted by molar-refractivity contribution is 0.834. The van der Waals surface area contributed by atoms with Crippen molar-refractivity contribution in [1.29, 1.82) is 0 Å². The Morgan fingerprint density at radius 1 is 1.15 bits per heavy atom. The second-order valence-corrected chi connectivity index (χ2v) is 5.85. The van der Waals surface area contributed by atoms with E-state index in [1.165, 1.54) is 4.88 Å². The van der Waals surface area contributed by atoms with E-state index >= 15 is 0 Å². The Labute approximate surface area is 123 Å². The first-order valence-corrected chi connectivity index (χ1v) is 7.80. The minimum absolute atomic E-state index is 0.750. The van der Waals surface area contributed by atoms with Gasteiger partial charge >= 0.3 is 0 Å². The summed E-state index contributed by atoms with van der Waals surface area (Å²) in [5, 5.41) is 7.69. The lowest BCUT2D eigenvalue weighted by Gasteiger charge is -2.09. The van der Waals surface area contributed by atoms with Crippen LogP contribution in [0.15, 0.2) is 12.3 Å². The molecule has 0 aromatic carbocycles. The third-order valence-corrected chi connectivity index (χ3v) is 3.63. The van der Waals surface area contributed by atoms with Crippen molar-refractivity contribution < 1.29 is 0 Å². The SMILES string of the molecule is CCCc1nc(NCC)cc(NCc2cnc(C)s2)n1. The molecule has 0 saturated heterocycles. The molecule has 0 amide bonds. The Morgan fingerprint density at radius 2 is 1.90 bits per heavy atom. The van der Waals surface area contributed by atoms with Crippen LogP contribution < -0.4 is 10.6 Å². The average Bonchev–Trinajstić information content (AvgIpc) is 2.83. The lowest BCUT2D eigenvalue weighted by atomic mass is 10.3. The van der Waals surface area contributed by atoms with E-state index in [0.717, 1.165) is 48.4 Å². The van der Waals surface area contributed by atoms with Crippen molar-refractivity contribution >= 4 is 23.0 Å². The van der Waals surface area contributed by atoms with Crippen molar-refractivity contribution in [2.45, 2.75) is 40.2 Å². The summed E-state index contributed by atoms with van der Waals surface area (Å²) < 4.78 is 0. The van der Waals surface area contributed by atoms with Gasteiger partial charge in [-0.25, -0.2) is 15.0 Å². The number of aryl methyl sites for hydroxylation is 2. The number of anilines is 2. The monoisotopic (exact) mass is 291 g/mol. The van der Waals surface area contributed by atoms with Gasteiger partial charge in [0.15, 0.2) is 0 Å². The van der Waals surface area contributed by atoms with Gasteiger partial charge in [0, 0.05) is 30.1 Å². The summed E-state index contributed by atoms with van der Waals surface area (Å²) in [7, 11) is 0. The molecule has 0 saturated carbocycles. The van der Waals surface area contributed by atoms with Crippen LogP contribution in [0.2, 0.25) is 0 Å². The maximum absolute atomic E-state index is 4.55. The Bertz CT molecular complexity index is 528. The Hall–Kier alpha value is -1.69. The zero-order valence-corrected chi connectivity index (χ0v) is 13.0. The standard InChI is InChI=1S/C14H21N5S/c1-4-6-12-18-13(15-5-2)7-14(19-12)17-9-11-8-16-10(3)20-11/h7-8H,4-6,9H2,1-3H3,(H2,15,17,18,19). The van der Waals surface area contributed by atoms with Gasteiger partial charge in [-0.2, -0.15) is 0 Å². The number of nitrogens with zero attached hydrogens (tertiary/aromatic N) is 3. The predicted octanol–water partition coefficient (Wildman–Crippen LogP) is 3.24. The molecule has 0 atom stereocenters. The second-order valence-electron chi connectivity index (χ2n) is 4.53. The van der Waals surface area contributed by atoms with Gasteiger partial charge < -0.3 is 10.6 Å². The number of hydrogen-bond donors (Lipinski definition) is 2. The molecule has 0 aliphatic carbocycles. The van der Waals surface area contributed by atoms with Crippen LogP contribution >= 0.6 is 11.3 Å². The third kappa shape index (κ3) is 4.16. The molecular formula is C14H21N5S. The van der Waals surface area contributed by atoms with Crippen LogP contribution in [0.5, 0.6) is 0 Å². The number of hydrogen-bond acceptors (Lipinski definition) is 6. The molecule has 0 aliphatic heterocycles.